The molecule has 1 saturated heterocycles. The third-order valence-electron chi connectivity index (χ3n) is 6.92. The maximum atomic E-state index is 15.7. The molecule has 4 N–H and O–H groups in total. The molecule has 44 heavy (non-hydrogen) atoms. The highest BCUT2D eigenvalue weighted by Gasteiger charge is 2.63. The number of hydrogen-bond acceptors (Lipinski definition) is 11. The number of nitrogen functional groups attached to an aromatic ring is 1. The number of aliphatic hydroxyl groups is 1. The van der Waals surface area contributed by atoms with Crippen LogP contribution in [0.25, 0.3) is 21.9 Å². The van der Waals surface area contributed by atoms with E-state index >= 15 is 4.39 Å². The average Bonchev–Trinajstić information content (AvgIpc) is 3.52. The van der Waals surface area contributed by atoms with Gasteiger partial charge in [0.15, 0.2) is 29.5 Å². The Balaban J connectivity index is 1.47. The van der Waals surface area contributed by atoms with Gasteiger partial charge in [0, 0.05) is 5.39 Å². The van der Waals surface area contributed by atoms with Crippen LogP contribution in [0.3, 0.4) is 0 Å². The Bertz CT molecular complexity index is 1710. The van der Waals surface area contributed by atoms with E-state index in [1.807, 2.05) is 0 Å². The second-order valence-electron chi connectivity index (χ2n) is 10.4. The van der Waals surface area contributed by atoms with E-state index in [-0.39, 0.29) is 22.7 Å². The highest BCUT2D eigenvalue weighted by atomic mass is 31.2. The number of benzene rings is 2. The highest BCUT2D eigenvalue weighted by Crippen LogP contribution is 2.51. The van der Waals surface area contributed by atoms with Crippen molar-refractivity contribution in [3.63, 3.8) is 0 Å². The number of imidazole rings is 1. The van der Waals surface area contributed by atoms with E-state index in [0.717, 1.165) is 17.2 Å². The lowest BCUT2D eigenvalue weighted by Crippen LogP contribution is -2.51. The van der Waals surface area contributed by atoms with Gasteiger partial charge >= 0.3 is 13.7 Å². The molecule has 6 atom stereocenters. The Morgan fingerprint density at radius 3 is 2.64 bits per heavy atom. The van der Waals surface area contributed by atoms with Gasteiger partial charge in [0.25, 0.3) is 6.43 Å². The standard InChI is InChI=1S/C27H30F3N6O7P/c1-14(2)41-25(38)15(3)35-44(39,43-18-10-6-8-16-7-4-5-9-17(16)18)40-11-27(26(29)30)21(28)20(37)24(42-27)36-13-34-19-22(31)32-12-33-23(19)36/h4-10,12-15,20-21,24,26,37H,11H2,1-3H3,(H,35,39)(H2,31,32,33)/t15-,20+,21+,24+,27+,44?/m0/s1. The molecule has 1 aliphatic rings. The Morgan fingerprint density at radius 1 is 1.18 bits per heavy atom. The minimum Gasteiger partial charge on any atom is -0.462 e. The van der Waals surface area contributed by atoms with E-state index in [9.17, 15) is 23.2 Å². The maximum absolute atomic E-state index is 15.7. The summed E-state index contributed by atoms with van der Waals surface area (Å²) in [5.41, 5.74) is 2.71. The van der Waals surface area contributed by atoms with Gasteiger partial charge < -0.3 is 24.8 Å². The fourth-order valence-electron chi connectivity index (χ4n) is 4.72. The lowest BCUT2D eigenvalue weighted by atomic mass is 9.98. The molecule has 0 amide bonds. The summed E-state index contributed by atoms with van der Waals surface area (Å²) in [4.78, 5) is 24.3. The number of aliphatic hydroxyl groups excluding tert-OH is 1. The first-order valence-electron chi connectivity index (χ1n) is 13.5. The molecule has 2 aromatic carbocycles. The number of alkyl halides is 3. The lowest BCUT2D eigenvalue weighted by molar-refractivity contribution is -0.182. The topological polar surface area (TPSA) is 173 Å². The smallest absolute Gasteiger partial charge is 0.459 e. The molecule has 0 bridgehead atoms. The number of carbonyl (C=O) groups excluding carboxylic acids is 1. The molecule has 4 aromatic rings. The summed E-state index contributed by atoms with van der Waals surface area (Å²) in [7, 11) is -4.77. The first-order chi connectivity index (χ1) is 20.8. The number of esters is 1. The Kier molecular flexibility index (Phi) is 8.82. The molecule has 1 unspecified atom stereocenters. The summed E-state index contributed by atoms with van der Waals surface area (Å²) < 4.78 is 82.1. The maximum Gasteiger partial charge on any atom is 0.459 e. The zero-order valence-electron chi connectivity index (χ0n) is 23.7. The molecule has 0 spiro atoms. The monoisotopic (exact) mass is 638 g/mol. The van der Waals surface area contributed by atoms with Crippen molar-refractivity contribution in [3.8, 4) is 5.75 Å². The molecule has 13 nitrogen and oxygen atoms in total. The molecule has 0 aliphatic carbocycles. The molecule has 2 aromatic heterocycles. The Morgan fingerprint density at radius 2 is 1.91 bits per heavy atom. The van der Waals surface area contributed by atoms with Crippen molar-refractivity contribution in [1.29, 1.82) is 0 Å². The second kappa shape index (κ2) is 12.3. The number of fused-ring (bicyclic) bond motifs is 2. The summed E-state index contributed by atoms with van der Waals surface area (Å²) in [5.74, 6) is -0.846. The zero-order chi connectivity index (χ0) is 31.8. The largest absolute Gasteiger partial charge is 0.462 e. The van der Waals surface area contributed by atoms with E-state index in [4.69, 9.17) is 24.3 Å². The van der Waals surface area contributed by atoms with Crippen LogP contribution in [-0.4, -0.2) is 73.6 Å². The van der Waals surface area contributed by atoms with Gasteiger partial charge in [-0.2, -0.15) is 5.09 Å². The fraction of sp³-hybridized carbons (Fsp3) is 0.407. The number of halogens is 3. The van der Waals surface area contributed by atoms with Crippen molar-refractivity contribution < 1.29 is 46.2 Å². The normalized spacial score (nSPS) is 24.2. The molecule has 17 heteroatoms. The summed E-state index contributed by atoms with van der Waals surface area (Å²) >= 11 is 0. The van der Waals surface area contributed by atoms with Gasteiger partial charge in [-0.25, -0.2) is 32.7 Å². The molecule has 1 aliphatic heterocycles. The van der Waals surface area contributed by atoms with Crippen LogP contribution in [0.5, 0.6) is 5.75 Å². The molecule has 236 valence electrons. The number of carbonyl (C=O) groups is 1. The predicted octanol–water partition coefficient (Wildman–Crippen LogP) is 3.93. The van der Waals surface area contributed by atoms with E-state index in [1.54, 1.807) is 50.2 Å². The second-order valence-corrected chi connectivity index (χ2v) is 12.1. The van der Waals surface area contributed by atoms with Crippen molar-refractivity contribution in [2.75, 3.05) is 12.3 Å². The molecular formula is C27H30F3N6O7P. The van der Waals surface area contributed by atoms with Crippen LogP contribution in [0.2, 0.25) is 0 Å². The number of nitrogens with zero attached hydrogens (tertiary/aromatic N) is 4. The average molecular weight is 639 g/mol. The number of anilines is 1. The van der Waals surface area contributed by atoms with Crippen LogP contribution in [0.15, 0.2) is 55.1 Å². The van der Waals surface area contributed by atoms with Crippen molar-refractivity contribution >= 4 is 41.5 Å². The van der Waals surface area contributed by atoms with Crippen molar-refractivity contribution in [2.24, 2.45) is 0 Å². The Labute approximate surface area is 249 Å². The third-order valence-corrected chi connectivity index (χ3v) is 8.52. The minimum atomic E-state index is -4.77. The van der Waals surface area contributed by atoms with E-state index < -0.39 is 63.0 Å². The molecule has 5 rings (SSSR count). The summed E-state index contributed by atoms with van der Waals surface area (Å²) in [6, 6.07) is 10.4. The number of nitrogens with two attached hydrogens (primary N) is 1. The van der Waals surface area contributed by atoms with Gasteiger partial charge in [0.2, 0.25) is 0 Å². The number of ether oxygens (including phenoxy) is 2. The number of aromatic nitrogens is 4. The summed E-state index contributed by atoms with van der Waals surface area (Å²) in [6.07, 6.45) is -8.63. The first-order valence-corrected chi connectivity index (χ1v) is 15.0. The van der Waals surface area contributed by atoms with Gasteiger partial charge in [-0.05, 0) is 32.2 Å². The summed E-state index contributed by atoms with van der Waals surface area (Å²) in [6.45, 7) is 3.13. The van der Waals surface area contributed by atoms with Gasteiger partial charge in [0.05, 0.1) is 19.0 Å². The van der Waals surface area contributed by atoms with Crippen LogP contribution in [-0.2, 0) is 23.4 Å². The van der Waals surface area contributed by atoms with Crippen LogP contribution >= 0.6 is 7.75 Å². The molecular weight excluding hydrogens is 608 g/mol. The van der Waals surface area contributed by atoms with E-state index in [1.165, 1.54) is 13.0 Å². The van der Waals surface area contributed by atoms with E-state index in [0.29, 0.717) is 10.8 Å². The summed E-state index contributed by atoms with van der Waals surface area (Å²) in [5, 5.41) is 14.3. The van der Waals surface area contributed by atoms with Gasteiger partial charge in [-0.1, -0.05) is 36.4 Å². The highest BCUT2D eigenvalue weighted by molar-refractivity contribution is 7.52. The van der Waals surface area contributed by atoms with Crippen LogP contribution in [0, 0.1) is 0 Å². The predicted molar refractivity (Wildman–Crippen MR) is 151 cm³/mol. The minimum absolute atomic E-state index is 0.0103. The van der Waals surface area contributed by atoms with Gasteiger partial charge in [0.1, 0.15) is 29.7 Å². The first kappa shape index (κ1) is 31.6. The van der Waals surface area contributed by atoms with Crippen LogP contribution < -0.4 is 15.3 Å². The molecule has 3 heterocycles. The van der Waals surface area contributed by atoms with Gasteiger partial charge in [-0.3, -0.25) is 13.9 Å². The SMILES string of the molecule is CC(C)OC(=O)[C@H](C)NP(=O)(OC[C@@]1(C(F)F)O[C@@H](n2cnc3c(N)ncnc32)[C@H](O)[C@H]1F)Oc1cccc2ccccc12. The van der Waals surface area contributed by atoms with Gasteiger partial charge in [-0.15, -0.1) is 0 Å². The molecule has 1 fully saturated rings. The fourth-order valence-corrected chi connectivity index (χ4v) is 6.27. The number of nitrogens with one attached hydrogen (secondary N) is 1. The number of hydrogen-bond donors (Lipinski definition) is 3. The number of rotatable bonds is 11. The van der Waals surface area contributed by atoms with E-state index in [2.05, 4.69) is 20.0 Å². The zero-order valence-corrected chi connectivity index (χ0v) is 24.6. The molecule has 0 radical (unpaired) electrons. The lowest BCUT2D eigenvalue weighted by Gasteiger charge is -2.32. The van der Waals surface area contributed by atoms with Crippen molar-refractivity contribution in [2.45, 2.75) is 63.4 Å². The van der Waals surface area contributed by atoms with Crippen molar-refractivity contribution in [3.05, 3.63) is 55.1 Å². The quantitative estimate of drug-likeness (QED) is 0.160. The molecule has 0 saturated carbocycles. The third kappa shape index (κ3) is 5.95. The van der Waals surface area contributed by atoms with Crippen LogP contribution in [0.4, 0.5) is 19.0 Å². The Hall–Kier alpha value is -3.82. The van der Waals surface area contributed by atoms with Crippen LogP contribution in [0.1, 0.15) is 27.0 Å². The van der Waals surface area contributed by atoms with Crippen molar-refractivity contribution in [1.82, 2.24) is 24.6 Å².